The van der Waals surface area contributed by atoms with Crippen molar-refractivity contribution in [1.82, 2.24) is 0 Å². The molecular formula is C13H16F3N. The molecule has 2 rings (SSSR count). The average Bonchev–Trinajstić information content (AvgIpc) is 2.80. The van der Waals surface area contributed by atoms with Gasteiger partial charge in [0.1, 0.15) is 0 Å². The summed E-state index contributed by atoms with van der Waals surface area (Å²) in [5, 5.41) is 0. The minimum Gasteiger partial charge on any atom is -0.371 e. The van der Waals surface area contributed by atoms with Gasteiger partial charge in [-0.2, -0.15) is 13.2 Å². The Labute approximate surface area is 99.2 Å². The third-order valence-corrected chi connectivity index (χ3v) is 3.24. The van der Waals surface area contributed by atoms with Crippen molar-refractivity contribution in [2.24, 2.45) is 0 Å². The first-order valence-electron chi connectivity index (χ1n) is 5.97. The van der Waals surface area contributed by atoms with Crippen molar-refractivity contribution in [3.05, 3.63) is 29.3 Å². The minimum absolute atomic E-state index is 0.545. The quantitative estimate of drug-likeness (QED) is 0.762. The smallest absolute Gasteiger partial charge is 0.371 e. The van der Waals surface area contributed by atoms with E-state index in [9.17, 15) is 13.2 Å². The number of anilines is 1. The van der Waals surface area contributed by atoms with Crippen LogP contribution in [0.1, 0.15) is 30.9 Å². The van der Waals surface area contributed by atoms with Gasteiger partial charge in [0.15, 0.2) is 0 Å². The topological polar surface area (TPSA) is 3.24 Å². The van der Waals surface area contributed by atoms with Crippen LogP contribution in [0.3, 0.4) is 0 Å². The molecule has 4 heteroatoms. The van der Waals surface area contributed by atoms with Gasteiger partial charge in [-0.25, -0.2) is 0 Å². The lowest BCUT2D eigenvalue weighted by atomic mass is 10.1. The van der Waals surface area contributed by atoms with E-state index in [2.05, 4.69) is 4.90 Å². The Morgan fingerprint density at radius 3 is 2.35 bits per heavy atom. The van der Waals surface area contributed by atoms with Crippen LogP contribution in [0.4, 0.5) is 18.9 Å². The lowest BCUT2D eigenvalue weighted by Crippen LogP contribution is -2.20. The molecule has 0 unspecified atom stereocenters. The lowest BCUT2D eigenvalue weighted by molar-refractivity contribution is -0.137. The molecule has 0 amide bonds. The fraction of sp³-hybridized carbons (Fsp3) is 0.538. The number of nitrogens with zero attached hydrogens (tertiary/aromatic N) is 1. The molecule has 94 valence electrons. The van der Waals surface area contributed by atoms with Crippen LogP contribution in [0, 0.1) is 0 Å². The van der Waals surface area contributed by atoms with Gasteiger partial charge in [0, 0.05) is 18.8 Å². The van der Waals surface area contributed by atoms with E-state index in [-0.39, 0.29) is 0 Å². The zero-order valence-corrected chi connectivity index (χ0v) is 9.85. The largest absolute Gasteiger partial charge is 0.416 e. The number of rotatable bonds is 2. The first-order chi connectivity index (χ1) is 8.02. The second-order valence-corrected chi connectivity index (χ2v) is 4.39. The molecule has 1 aromatic rings. The van der Waals surface area contributed by atoms with Gasteiger partial charge < -0.3 is 4.90 Å². The predicted molar refractivity (Wildman–Crippen MR) is 62.3 cm³/mol. The van der Waals surface area contributed by atoms with Crippen LogP contribution < -0.4 is 4.90 Å². The Morgan fingerprint density at radius 2 is 1.82 bits per heavy atom. The molecule has 0 aromatic heterocycles. The van der Waals surface area contributed by atoms with Crippen LogP contribution in [-0.2, 0) is 12.6 Å². The SMILES string of the molecule is CCc1ccc(C(F)(F)F)cc1N1CCCC1. The number of hydrogen-bond donors (Lipinski definition) is 0. The second kappa shape index (κ2) is 4.59. The molecule has 1 fully saturated rings. The zero-order valence-electron chi connectivity index (χ0n) is 9.85. The highest BCUT2D eigenvalue weighted by molar-refractivity contribution is 5.56. The van der Waals surface area contributed by atoms with E-state index < -0.39 is 11.7 Å². The van der Waals surface area contributed by atoms with Crippen molar-refractivity contribution >= 4 is 5.69 Å². The van der Waals surface area contributed by atoms with E-state index in [1.807, 2.05) is 6.92 Å². The third-order valence-electron chi connectivity index (χ3n) is 3.24. The monoisotopic (exact) mass is 243 g/mol. The number of hydrogen-bond acceptors (Lipinski definition) is 1. The Morgan fingerprint density at radius 1 is 1.18 bits per heavy atom. The summed E-state index contributed by atoms with van der Waals surface area (Å²) in [6, 6.07) is 4.08. The molecule has 0 spiro atoms. The molecule has 1 aliphatic heterocycles. The Hall–Kier alpha value is -1.19. The van der Waals surface area contributed by atoms with Gasteiger partial charge >= 0.3 is 6.18 Å². The predicted octanol–water partition coefficient (Wildman–Crippen LogP) is 3.87. The molecule has 1 aliphatic rings. The molecule has 1 nitrogen and oxygen atoms in total. The average molecular weight is 243 g/mol. The fourth-order valence-electron chi connectivity index (χ4n) is 2.29. The normalized spacial score (nSPS) is 16.6. The van der Waals surface area contributed by atoms with Crippen LogP contribution in [0.15, 0.2) is 18.2 Å². The summed E-state index contributed by atoms with van der Waals surface area (Å²) >= 11 is 0. The maximum absolute atomic E-state index is 12.7. The van der Waals surface area contributed by atoms with Gasteiger partial charge in [-0.1, -0.05) is 13.0 Å². The number of alkyl halides is 3. The number of halogens is 3. The third kappa shape index (κ3) is 2.56. The molecule has 0 saturated carbocycles. The summed E-state index contributed by atoms with van der Waals surface area (Å²) in [6.45, 7) is 3.71. The van der Waals surface area contributed by atoms with Crippen molar-refractivity contribution in [3.8, 4) is 0 Å². The molecule has 1 saturated heterocycles. The van der Waals surface area contributed by atoms with Crippen molar-refractivity contribution in [2.45, 2.75) is 32.4 Å². The van der Waals surface area contributed by atoms with Gasteiger partial charge in [0.05, 0.1) is 5.56 Å². The second-order valence-electron chi connectivity index (χ2n) is 4.39. The Kier molecular flexibility index (Phi) is 3.31. The van der Waals surface area contributed by atoms with Crippen LogP contribution in [-0.4, -0.2) is 13.1 Å². The van der Waals surface area contributed by atoms with Gasteiger partial charge in [0.2, 0.25) is 0 Å². The maximum Gasteiger partial charge on any atom is 0.416 e. The van der Waals surface area contributed by atoms with Crippen molar-refractivity contribution < 1.29 is 13.2 Å². The lowest BCUT2D eigenvalue weighted by Gasteiger charge is -2.22. The van der Waals surface area contributed by atoms with E-state index in [0.717, 1.165) is 43.6 Å². The molecule has 1 aromatic carbocycles. The van der Waals surface area contributed by atoms with Gasteiger partial charge in [0.25, 0.3) is 0 Å². The standard InChI is InChI=1S/C13H16F3N/c1-2-10-5-6-11(13(14,15)16)9-12(10)17-7-3-4-8-17/h5-6,9H,2-4,7-8H2,1H3. The van der Waals surface area contributed by atoms with Gasteiger partial charge in [-0.05, 0) is 37.0 Å². The highest BCUT2D eigenvalue weighted by Gasteiger charge is 2.31. The van der Waals surface area contributed by atoms with E-state index in [1.165, 1.54) is 12.1 Å². The Balaban J connectivity index is 2.39. The summed E-state index contributed by atoms with van der Waals surface area (Å²) in [7, 11) is 0. The summed E-state index contributed by atoms with van der Waals surface area (Å²) in [6.07, 6.45) is -1.34. The van der Waals surface area contributed by atoms with Gasteiger partial charge in [-0.15, -0.1) is 0 Å². The fourth-order valence-corrected chi connectivity index (χ4v) is 2.29. The van der Waals surface area contributed by atoms with Crippen LogP contribution >= 0.6 is 0 Å². The maximum atomic E-state index is 12.7. The van der Waals surface area contributed by atoms with E-state index in [1.54, 1.807) is 6.07 Å². The van der Waals surface area contributed by atoms with Crippen molar-refractivity contribution in [2.75, 3.05) is 18.0 Å². The zero-order chi connectivity index (χ0) is 12.5. The summed E-state index contributed by atoms with van der Waals surface area (Å²) in [4.78, 5) is 2.06. The first kappa shape index (κ1) is 12.3. The van der Waals surface area contributed by atoms with Crippen molar-refractivity contribution in [3.63, 3.8) is 0 Å². The highest BCUT2D eigenvalue weighted by Crippen LogP contribution is 2.34. The highest BCUT2D eigenvalue weighted by atomic mass is 19.4. The molecule has 0 bridgehead atoms. The Bertz CT molecular complexity index is 392. The van der Waals surface area contributed by atoms with E-state index in [4.69, 9.17) is 0 Å². The van der Waals surface area contributed by atoms with Crippen LogP contribution in [0.2, 0.25) is 0 Å². The molecule has 0 atom stereocenters. The summed E-state index contributed by atoms with van der Waals surface area (Å²) in [5.41, 5.74) is 1.22. The number of aryl methyl sites for hydroxylation is 1. The summed E-state index contributed by atoms with van der Waals surface area (Å²) < 4.78 is 38.0. The van der Waals surface area contributed by atoms with E-state index in [0.29, 0.717) is 0 Å². The van der Waals surface area contributed by atoms with Crippen molar-refractivity contribution in [1.29, 1.82) is 0 Å². The van der Waals surface area contributed by atoms with Gasteiger partial charge in [-0.3, -0.25) is 0 Å². The van der Waals surface area contributed by atoms with Crippen LogP contribution in [0.5, 0.6) is 0 Å². The first-order valence-corrected chi connectivity index (χ1v) is 5.97. The van der Waals surface area contributed by atoms with Crippen LogP contribution in [0.25, 0.3) is 0 Å². The molecular weight excluding hydrogens is 227 g/mol. The summed E-state index contributed by atoms with van der Waals surface area (Å²) in [5.74, 6) is 0. The van der Waals surface area contributed by atoms with E-state index >= 15 is 0 Å². The molecule has 17 heavy (non-hydrogen) atoms. The molecule has 0 radical (unpaired) electrons. The molecule has 0 aliphatic carbocycles. The minimum atomic E-state index is -4.25. The molecule has 1 heterocycles. The number of benzene rings is 1. The molecule has 0 N–H and O–H groups in total.